The predicted octanol–water partition coefficient (Wildman–Crippen LogP) is -0.574. The van der Waals surface area contributed by atoms with Gasteiger partial charge in [-0.1, -0.05) is 0 Å². The molecule has 100 valence electrons. The zero-order chi connectivity index (χ0) is 14.0. The van der Waals surface area contributed by atoms with Crippen LogP contribution in [0.2, 0.25) is 0 Å². The van der Waals surface area contributed by atoms with Crippen molar-refractivity contribution in [2.45, 2.75) is 6.54 Å². The molecule has 2 aromatic rings. The van der Waals surface area contributed by atoms with Crippen LogP contribution in [0.25, 0.3) is 11.0 Å². The van der Waals surface area contributed by atoms with Crippen LogP contribution in [0.1, 0.15) is 0 Å². The van der Waals surface area contributed by atoms with E-state index in [4.69, 9.17) is 5.11 Å². The van der Waals surface area contributed by atoms with Crippen molar-refractivity contribution in [1.82, 2.24) is 24.6 Å². The molecule has 0 saturated carbocycles. The van der Waals surface area contributed by atoms with Gasteiger partial charge in [-0.2, -0.15) is 10.1 Å². The maximum Gasteiger partial charge on any atom is 0.325 e. The number of nitrogens with zero attached hydrogens (tertiary/aromatic N) is 5. The molecule has 0 aliphatic rings. The fourth-order valence-electron chi connectivity index (χ4n) is 1.43. The van der Waals surface area contributed by atoms with Gasteiger partial charge >= 0.3 is 5.97 Å². The van der Waals surface area contributed by atoms with E-state index >= 15 is 0 Å². The van der Waals surface area contributed by atoms with Gasteiger partial charge in [0.2, 0.25) is 5.95 Å². The molecule has 9 heteroatoms. The minimum Gasteiger partial charge on any atom is -0.480 e. The topological polar surface area (TPSA) is 116 Å². The number of carboxylic acid groups (broad SMARTS) is 1. The van der Waals surface area contributed by atoms with Crippen molar-refractivity contribution in [1.29, 1.82) is 0 Å². The fourth-order valence-corrected chi connectivity index (χ4v) is 1.43. The van der Waals surface area contributed by atoms with Crippen LogP contribution in [-0.4, -0.2) is 56.2 Å². The van der Waals surface area contributed by atoms with Gasteiger partial charge in [-0.3, -0.25) is 14.6 Å². The van der Waals surface area contributed by atoms with E-state index in [1.165, 1.54) is 12.5 Å². The van der Waals surface area contributed by atoms with Crippen LogP contribution in [0, 0.1) is 0 Å². The van der Waals surface area contributed by atoms with Gasteiger partial charge in [-0.15, -0.1) is 0 Å². The summed E-state index contributed by atoms with van der Waals surface area (Å²) in [5.41, 5.74) is -0.218. The van der Waals surface area contributed by atoms with Crippen molar-refractivity contribution in [3.8, 4) is 0 Å². The lowest BCUT2D eigenvalue weighted by Crippen LogP contribution is -2.13. The van der Waals surface area contributed by atoms with Gasteiger partial charge in [-0.25, -0.2) is 9.67 Å². The number of fused-ring (bicyclic) bond motifs is 1. The average Bonchev–Trinajstić information content (AvgIpc) is 2.70. The second-order valence-corrected chi connectivity index (χ2v) is 4.03. The lowest BCUT2D eigenvalue weighted by Gasteiger charge is -2.02. The molecule has 2 heterocycles. The Morgan fingerprint density at radius 1 is 1.63 bits per heavy atom. The fraction of sp³-hybridized carbons (Fsp3) is 0.300. The Hall–Kier alpha value is -2.71. The molecule has 0 atom stereocenters. The Morgan fingerprint density at radius 3 is 3.00 bits per heavy atom. The monoisotopic (exact) mass is 264 g/mol. The number of aromatic nitrogens is 4. The number of aliphatic imine (C=N–C) groups is 1. The third-order valence-electron chi connectivity index (χ3n) is 2.19. The van der Waals surface area contributed by atoms with E-state index < -0.39 is 11.5 Å². The van der Waals surface area contributed by atoms with Gasteiger partial charge in [-0.05, 0) is 0 Å². The quantitative estimate of drug-likeness (QED) is 0.564. The van der Waals surface area contributed by atoms with Crippen molar-refractivity contribution in [3.63, 3.8) is 0 Å². The summed E-state index contributed by atoms with van der Waals surface area (Å²) in [6, 6.07) is 0. The van der Waals surface area contributed by atoms with Crippen molar-refractivity contribution in [2.24, 2.45) is 4.99 Å². The molecule has 0 spiro atoms. The number of aliphatic carboxylic acids is 1. The molecule has 0 aromatic carbocycles. The number of aromatic amines is 1. The summed E-state index contributed by atoms with van der Waals surface area (Å²) in [7, 11) is 3.55. The number of H-pyrrole nitrogens is 1. The maximum absolute atomic E-state index is 11.8. The van der Waals surface area contributed by atoms with Crippen LogP contribution in [0.5, 0.6) is 0 Å². The highest BCUT2D eigenvalue weighted by Crippen LogP contribution is 2.09. The lowest BCUT2D eigenvalue weighted by molar-refractivity contribution is -0.137. The van der Waals surface area contributed by atoms with Gasteiger partial charge in [0.05, 0.1) is 12.5 Å². The molecule has 0 saturated heterocycles. The Kier molecular flexibility index (Phi) is 3.27. The second-order valence-electron chi connectivity index (χ2n) is 4.03. The molecule has 2 N–H and O–H groups in total. The summed E-state index contributed by atoms with van der Waals surface area (Å²) < 4.78 is 1.14. The summed E-state index contributed by atoms with van der Waals surface area (Å²) in [5.74, 6) is -0.969. The average molecular weight is 264 g/mol. The molecule has 0 radical (unpaired) electrons. The van der Waals surface area contributed by atoms with E-state index in [0.717, 1.165) is 4.68 Å². The van der Waals surface area contributed by atoms with E-state index in [1.807, 2.05) is 0 Å². The summed E-state index contributed by atoms with van der Waals surface area (Å²) in [5, 5.41) is 12.8. The van der Waals surface area contributed by atoms with Gasteiger partial charge in [0.1, 0.15) is 11.9 Å². The SMILES string of the molecule is CN(C)/C=N/c1nc2c(cnn2CC(=O)O)c(=O)[nH]1. The number of rotatable bonds is 4. The normalized spacial score (nSPS) is 11.3. The summed E-state index contributed by atoms with van der Waals surface area (Å²) in [6.07, 6.45) is 2.76. The van der Waals surface area contributed by atoms with Gasteiger partial charge < -0.3 is 10.0 Å². The molecule has 2 rings (SSSR count). The molecule has 0 amide bonds. The highest BCUT2D eigenvalue weighted by Gasteiger charge is 2.11. The van der Waals surface area contributed by atoms with Crippen LogP contribution < -0.4 is 5.56 Å². The Morgan fingerprint density at radius 2 is 2.37 bits per heavy atom. The van der Waals surface area contributed by atoms with Crippen molar-refractivity contribution < 1.29 is 9.90 Å². The smallest absolute Gasteiger partial charge is 0.325 e. The number of hydrogen-bond donors (Lipinski definition) is 2. The number of nitrogens with one attached hydrogen (secondary N) is 1. The number of hydrogen-bond acceptors (Lipinski definition) is 5. The Labute approximate surface area is 107 Å². The first kappa shape index (κ1) is 12.7. The van der Waals surface area contributed by atoms with Gasteiger partial charge in [0, 0.05) is 14.1 Å². The second kappa shape index (κ2) is 4.88. The molecule has 0 aliphatic heterocycles. The van der Waals surface area contributed by atoms with Gasteiger partial charge in [0.15, 0.2) is 5.65 Å². The van der Waals surface area contributed by atoms with Crippen LogP contribution in [0.3, 0.4) is 0 Å². The Balaban J connectivity index is 2.52. The molecule has 0 unspecified atom stereocenters. The van der Waals surface area contributed by atoms with Crippen molar-refractivity contribution >= 4 is 29.3 Å². The highest BCUT2D eigenvalue weighted by atomic mass is 16.4. The van der Waals surface area contributed by atoms with E-state index in [-0.39, 0.29) is 23.5 Å². The van der Waals surface area contributed by atoms with Crippen LogP contribution >= 0.6 is 0 Å². The zero-order valence-electron chi connectivity index (χ0n) is 10.4. The lowest BCUT2D eigenvalue weighted by atomic mass is 10.4. The van der Waals surface area contributed by atoms with E-state index in [2.05, 4.69) is 20.1 Å². The zero-order valence-corrected chi connectivity index (χ0v) is 10.4. The van der Waals surface area contributed by atoms with Crippen LogP contribution in [0.15, 0.2) is 16.0 Å². The summed E-state index contributed by atoms with van der Waals surface area (Å²) in [6.45, 7) is -0.364. The molecular formula is C10H12N6O3. The maximum atomic E-state index is 11.8. The first-order chi connectivity index (χ1) is 8.97. The molecule has 9 nitrogen and oxygen atoms in total. The molecule has 0 bridgehead atoms. The molecule has 19 heavy (non-hydrogen) atoms. The van der Waals surface area contributed by atoms with E-state index in [0.29, 0.717) is 0 Å². The molecule has 2 aromatic heterocycles. The minimum absolute atomic E-state index is 0.0957. The van der Waals surface area contributed by atoms with E-state index in [1.54, 1.807) is 19.0 Å². The first-order valence-corrected chi connectivity index (χ1v) is 5.35. The standard InChI is InChI=1S/C10H12N6O3/c1-15(2)5-11-10-13-8-6(9(19)14-10)3-12-16(8)4-7(17)18/h3,5H,4H2,1-2H3,(H,17,18)(H,13,14,19)/b11-5+. The molecule has 0 aliphatic carbocycles. The predicted molar refractivity (Wildman–Crippen MR) is 67.6 cm³/mol. The van der Waals surface area contributed by atoms with Gasteiger partial charge in [0.25, 0.3) is 5.56 Å². The van der Waals surface area contributed by atoms with Crippen LogP contribution in [-0.2, 0) is 11.3 Å². The molecule has 0 fully saturated rings. The van der Waals surface area contributed by atoms with E-state index in [9.17, 15) is 9.59 Å². The van der Waals surface area contributed by atoms with Crippen molar-refractivity contribution in [2.75, 3.05) is 14.1 Å². The minimum atomic E-state index is -1.06. The van der Waals surface area contributed by atoms with Crippen LogP contribution in [0.4, 0.5) is 5.95 Å². The summed E-state index contributed by atoms with van der Waals surface area (Å²) >= 11 is 0. The largest absolute Gasteiger partial charge is 0.480 e. The highest BCUT2D eigenvalue weighted by molar-refractivity contribution is 5.76. The third-order valence-corrected chi connectivity index (χ3v) is 2.19. The summed E-state index contributed by atoms with van der Waals surface area (Å²) in [4.78, 5) is 34.6. The number of carboxylic acids is 1. The molecular weight excluding hydrogens is 252 g/mol. The Bertz CT molecular complexity index is 699. The van der Waals surface area contributed by atoms with Crippen molar-refractivity contribution in [3.05, 3.63) is 16.6 Å². The third kappa shape index (κ3) is 2.76. The number of carbonyl (C=O) groups is 1. The first-order valence-electron chi connectivity index (χ1n) is 5.35.